The highest BCUT2D eigenvalue weighted by atomic mass is 19.1. The van der Waals surface area contributed by atoms with Crippen LogP contribution in [0, 0.1) is 23.5 Å². The second kappa shape index (κ2) is 13.4. The molecule has 0 aliphatic heterocycles. The summed E-state index contributed by atoms with van der Waals surface area (Å²) in [6.45, 7) is 7.53. The molecule has 0 radical (unpaired) electrons. The lowest BCUT2D eigenvalue weighted by Crippen LogP contribution is -2.38. The normalized spacial score (nSPS) is 10.7. The van der Waals surface area contributed by atoms with Crippen LogP contribution >= 0.6 is 0 Å². The molecule has 3 N–H and O–H groups in total. The first-order valence-corrected chi connectivity index (χ1v) is 12.6. The maximum atomic E-state index is 14.6. The van der Waals surface area contributed by atoms with E-state index in [1.807, 2.05) is 6.92 Å². The number of likely N-dealkylation sites (N-methyl/N-ethyl adjacent to an activating group) is 1. The van der Waals surface area contributed by atoms with Crippen molar-refractivity contribution in [3.05, 3.63) is 71.4 Å². The van der Waals surface area contributed by atoms with Crippen LogP contribution in [-0.2, 0) is 9.53 Å². The van der Waals surface area contributed by atoms with E-state index in [1.165, 1.54) is 43.6 Å². The molecule has 0 spiro atoms. The van der Waals surface area contributed by atoms with E-state index >= 15 is 0 Å². The Morgan fingerprint density at radius 2 is 1.80 bits per heavy atom. The molecule has 0 aliphatic carbocycles. The average Bonchev–Trinajstić information content (AvgIpc) is 2.87. The fraction of sp³-hybridized carbons (Fsp3) is 0.310. The van der Waals surface area contributed by atoms with Gasteiger partial charge in [0, 0.05) is 25.0 Å². The third-order valence-electron chi connectivity index (χ3n) is 5.08. The predicted octanol–water partition coefficient (Wildman–Crippen LogP) is 5.53. The van der Waals surface area contributed by atoms with Crippen molar-refractivity contribution in [2.24, 2.45) is 0 Å². The molecule has 0 saturated heterocycles. The number of nitrogens with zero attached hydrogens (tertiary/aromatic N) is 3. The van der Waals surface area contributed by atoms with Gasteiger partial charge in [0.2, 0.25) is 11.9 Å². The minimum atomic E-state index is -0.693. The SMILES string of the molecule is CCCNc1nc(Nc2cccc(F)c2)ncc1C#Cc1cc(NC(=O)CN(C)C(=O)OC(C)(C)C)ccc1F. The molecular weight excluding hydrogens is 518 g/mol. The number of carbonyl (C=O) groups excluding carboxylic acids is 2. The first kappa shape index (κ1) is 29.8. The number of hydrogen-bond donors (Lipinski definition) is 3. The average molecular weight is 551 g/mol. The number of halogens is 2. The first-order chi connectivity index (χ1) is 18.9. The molecular formula is C29H32F2N6O3. The summed E-state index contributed by atoms with van der Waals surface area (Å²) in [5.41, 5.74) is 0.566. The lowest BCUT2D eigenvalue weighted by atomic mass is 10.1. The highest BCUT2D eigenvalue weighted by molar-refractivity contribution is 5.94. The number of aromatic nitrogens is 2. The fourth-order valence-corrected chi connectivity index (χ4v) is 3.26. The van der Waals surface area contributed by atoms with E-state index < -0.39 is 29.2 Å². The number of anilines is 4. The zero-order chi connectivity index (χ0) is 29.3. The molecule has 1 aromatic heterocycles. The van der Waals surface area contributed by atoms with Gasteiger partial charge in [-0.3, -0.25) is 4.79 Å². The Hall–Kier alpha value is -4.72. The van der Waals surface area contributed by atoms with E-state index in [-0.39, 0.29) is 18.1 Å². The molecule has 0 saturated carbocycles. The van der Waals surface area contributed by atoms with E-state index in [1.54, 1.807) is 32.9 Å². The van der Waals surface area contributed by atoms with Crippen LogP contribution in [0.15, 0.2) is 48.7 Å². The summed E-state index contributed by atoms with van der Waals surface area (Å²) in [7, 11) is 1.44. The molecule has 210 valence electrons. The Morgan fingerprint density at radius 1 is 1.05 bits per heavy atom. The van der Waals surface area contributed by atoms with E-state index in [0.29, 0.717) is 29.3 Å². The van der Waals surface area contributed by atoms with Gasteiger partial charge in [0.15, 0.2) is 0 Å². The second-order valence-electron chi connectivity index (χ2n) is 9.85. The lowest BCUT2D eigenvalue weighted by molar-refractivity contribution is -0.117. The van der Waals surface area contributed by atoms with Gasteiger partial charge in [0.05, 0.1) is 17.3 Å². The number of nitrogens with one attached hydrogen (secondary N) is 3. The monoisotopic (exact) mass is 550 g/mol. The minimum Gasteiger partial charge on any atom is -0.444 e. The van der Waals surface area contributed by atoms with Crippen molar-refractivity contribution in [2.75, 3.05) is 36.1 Å². The molecule has 9 nitrogen and oxygen atoms in total. The molecule has 3 aromatic rings. The van der Waals surface area contributed by atoms with Gasteiger partial charge in [-0.05, 0) is 63.6 Å². The number of amides is 2. The Balaban J connectivity index is 1.76. The number of rotatable bonds is 8. The second-order valence-corrected chi connectivity index (χ2v) is 9.85. The van der Waals surface area contributed by atoms with Crippen molar-refractivity contribution in [1.82, 2.24) is 14.9 Å². The van der Waals surface area contributed by atoms with Gasteiger partial charge in [0.25, 0.3) is 0 Å². The van der Waals surface area contributed by atoms with Crippen LogP contribution in [-0.4, -0.2) is 52.6 Å². The number of ether oxygens (including phenoxy) is 1. The highest BCUT2D eigenvalue weighted by Gasteiger charge is 2.21. The van der Waals surface area contributed by atoms with Gasteiger partial charge in [0.1, 0.15) is 29.6 Å². The van der Waals surface area contributed by atoms with Crippen LogP contribution in [0.25, 0.3) is 0 Å². The van der Waals surface area contributed by atoms with Crippen molar-refractivity contribution in [3.63, 3.8) is 0 Å². The molecule has 3 rings (SSSR count). The van der Waals surface area contributed by atoms with Gasteiger partial charge in [-0.15, -0.1) is 0 Å². The van der Waals surface area contributed by atoms with Gasteiger partial charge >= 0.3 is 6.09 Å². The molecule has 0 bridgehead atoms. The van der Waals surface area contributed by atoms with Crippen molar-refractivity contribution >= 4 is 35.1 Å². The predicted molar refractivity (Wildman–Crippen MR) is 150 cm³/mol. The molecule has 0 fully saturated rings. The molecule has 2 aromatic carbocycles. The summed E-state index contributed by atoms with van der Waals surface area (Å²) in [6.07, 6.45) is 1.67. The van der Waals surface area contributed by atoms with Crippen molar-refractivity contribution < 1.29 is 23.1 Å². The molecule has 2 amide bonds. The number of hydrogen-bond acceptors (Lipinski definition) is 7. The molecule has 0 atom stereocenters. The summed E-state index contributed by atoms with van der Waals surface area (Å²) in [5.74, 6) is 4.86. The summed E-state index contributed by atoms with van der Waals surface area (Å²) >= 11 is 0. The first-order valence-electron chi connectivity index (χ1n) is 12.6. The Kier molecular flexibility index (Phi) is 9.97. The molecule has 1 heterocycles. The van der Waals surface area contributed by atoms with Crippen molar-refractivity contribution in [1.29, 1.82) is 0 Å². The van der Waals surface area contributed by atoms with Crippen LogP contribution in [0.5, 0.6) is 0 Å². The number of benzene rings is 2. The zero-order valence-corrected chi connectivity index (χ0v) is 23.1. The van der Waals surface area contributed by atoms with Crippen LogP contribution in [0.3, 0.4) is 0 Å². The topological polar surface area (TPSA) is 108 Å². The lowest BCUT2D eigenvalue weighted by Gasteiger charge is -2.24. The minimum absolute atomic E-state index is 0.0432. The van der Waals surface area contributed by atoms with E-state index in [2.05, 4.69) is 37.8 Å². The summed E-state index contributed by atoms with van der Waals surface area (Å²) < 4.78 is 33.3. The standard InChI is InChI=1S/C29H32F2N6O3/c1-6-14-32-26-20(17-33-27(36-26)35-22-9-7-8-21(30)16-22)11-10-19-15-23(12-13-24(19)31)34-25(38)18-37(5)28(39)40-29(2,3)4/h7-9,12-13,15-17H,6,14,18H2,1-5H3,(H,34,38)(H2,32,33,35,36). The third kappa shape index (κ3) is 9.23. The van der Waals surface area contributed by atoms with Crippen LogP contribution in [0.2, 0.25) is 0 Å². The summed E-state index contributed by atoms with van der Waals surface area (Å²) in [5, 5.41) is 8.75. The van der Waals surface area contributed by atoms with Crippen LogP contribution in [0.4, 0.5) is 36.7 Å². The fourth-order valence-electron chi connectivity index (χ4n) is 3.26. The maximum Gasteiger partial charge on any atom is 0.410 e. The van der Waals surface area contributed by atoms with Crippen LogP contribution in [0.1, 0.15) is 45.2 Å². The quantitative estimate of drug-likeness (QED) is 0.317. The maximum absolute atomic E-state index is 14.6. The largest absolute Gasteiger partial charge is 0.444 e. The van der Waals surface area contributed by atoms with Crippen LogP contribution < -0.4 is 16.0 Å². The zero-order valence-electron chi connectivity index (χ0n) is 23.1. The smallest absolute Gasteiger partial charge is 0.410 e. The molecule has 0 unspecified atom stereocenters. The molecule has 0 aliphatic rings. The van der Waals surface area contributed by atoms with E-state index in [9.17, 15) is 18.4 Å². The van der Waals surface area contributed by atoms with Crippen molar-refractivity contribution in [3.8, 4) is 11.8 Å². The van der Waals surface area contributed by atoms with Gasteiger partial charge in [-0.1, -0.05) is 24.8 Å². The molecule has 40 heavy (non-hydrogen) atoms. The van der Waals surface area contributed by atoms with Gasteiger partial charge in [-0.25, -0.2) is 18.6 Å². The Morgan fingerprint density at radius 3 is 2.50 bits per heavy atom. The van der Waals surface area contributed by atoms with Gasteiger partial charge in [-0.2, -0.15) is 4.98 Å². The van der Waals surface area contributed by atoms with E-state index in [0.717, 1.165) is 11.3 Å². The highest BCUT2D eigenvalue weighted by Crippen LogP contribution is 2.19. The Labute approximate surface area is 232 Å². The van der Waals surface area contributed by atoms with Crippen molar-refractivity contribution in [2.45, 2.75) is 39.7 Å². The summed E-state index contributed by atoms with van der Waals surface area (Å²) in [6, 6.07) is 9.89. The van der Waals surface area contributed by atoms with Gasteiger partial charge < -0.3 is 25.6 Å². The Bertz CT molecular complexity index is 1430. The van der Waals surface area contributed by atoms with E-state index in [4.69, 9.17) is 4.74 Å². The summed E-state index contributed by atoms with van der Waals surface area (Å²) in [4.78, 5) is 34.4. The number of carbonyl (C=O) groups is 2. The molecule has 11 heteroatoms. The third-order valence-corrected chi connectivity index (χ3v) is 5.08.